The maximum Gasteiger partial charge on any atom is 0.127 e. The molecule has 114 valence electrons. The van der Waals surface area contributed by atoms with Crippen LogP contribution in [0.15, 0.2) is 18.2 Å². The number of hydrogen-bond acceptors (Lipinski definition) is 4. The minimum absolute atomic E-state index is 0. The van der Waals surface area contributed by atoms with Crippen molar-refractivity contribution in [3.05, 3.63) is 23.8 Å². The predicted octanol–water partition coefficient (Wildman–Crippen LogP) is 2.76. The summed E-state index contributed by atoms with van der Waals surface area (Å²) in [5.41, 5.74) is 6.93. The molecule has 4 N–H and O–H groups in total. The zero-order chi connectivity index (χ0) is 13.8. The van der Waals surface area contributed by atoms with Gasteiger partial charge in [0.1, 0.15) is 11.5 Å². The third-order valence-corrected chi connectivity index (χ3v) is 4.08. The average molecular weight is 302 g/mol. The van der Waals surface area contributed by atoms with Crippen molar-refractivity contribution < 1.29 is 14.9 Å². The molecule has 4 nitrogen and oxygen atoms in total. The quantitative estimate of drug-likeness (QED) is 0.799. The van der Waals surface area contributed by atoms with Gasteiger partial charge in [0.25, 0.3) is 0 Å². The number of methoxy groups -OCH3 is 1. The lowest BCUT2D eigenvalue weighted by Gasteiger charge is -2.31. The van der Waals surface area contributed by atoms with Crippen LogP contribution in [0.2, 0.25) is 0 Å². The van der Waals surface area contributed by atoms with Gasteiger partial charge in [-0.3, -0.25) is 0 Å². The minimum atomic E-state index is -0.557. The van der Waals surface area contributed by atoms with E-state index in [1.165, 1.54) is 32.4 Å². The van der Waals surface area contributed by atoms with Gasteiger partial charge in [-0.05, 0) is 30.9 Å². The Morgan fingerprint density at radius 1 is 1.25 bits per heavy atom. The molecule has 0 heterocycles. The molecule has 2 rings (SSSR count). The van der Waals surface area contributed by atoms with E-state index >= 15 is 0 Å². The van der Waals surface area contributed by atoms with E-state index in [1.807, 2.05) is 0 Å². The number of ether oxygens (including phenoxy) is 1. The van der Waals surface area contributed by atoms with Gasteiger partial charge in [0.05, 0.1) is 19.3 Å². The number of nitrogens with two attached hydrogens (primary N) is 1. The fourth-order valence-corrected chi connectivity index (χ4v) is 2.93. The van der Waals surface area contributed by atoms with Gasteiger partial charge in [-0.25, -0.2) is 0 Å². The lowest BCUT2D eigenvalue weighted by atomic mass is 9.81. The van der Waals surface area contributed by atoms with Crippen LogP contribution in [0.1, 0.15) is 43.7 Å². The Morgan fingerprint density at radius 3 is 2.50 bits per heavy atom. The molecule has 1 aliphatic carbocycles. The van der Waals surface area contributed by atoms with E-state index in [0.29, 0.717) is 5.75 Å². The molecule has 0 bridgehead atoms. The van der Waals surface area contributed by atoms with Crippen molar-refractivity contribution in [1.29, 1.82) is 0 Å². The normalized spacial score (nSPS) is 18.9. The topological polar surface area (TPSA) is 75.7 Å². The molecular formula is C15H24ClNO3. The first-order valence-corrected chi connectivity index (χ1v) is 6.94. The number of benzene rings is 1. The maximum absolute atomic E-state index is 10.4. The van der Waals surface area contributed by atoms with Gasteiger partial charge in [0, 0.05) is 11.6 Å². The number of aliphatic hydroxyl groups is 1. The number of aliphatic hydroxyl groups excluding tert-OH is 1. The standard InChI is InChI=1S/C15H23NO3.ClH/c1-19-13-9-11(17)7-8-12(13)14(16)15(18)10-5-3-2-4-6-10;/h7-10,14-15,17-18H,2-6,16H2,1H3;1H/t14-,15+;/m0./s1. The Morgan fingerprint density at radius 2 is 1.90 bits per heavy atom. The maximum atomic E-state index is 10.4. The molecule has 1 fully saturated rings. The Kier molecular flexibility index (Phi) is 6.59. The summed E-state index contributed by atoms with van der Waals surface area (Å²) in [6.45, 7) is 0. The van der Waals surface area contributed by atoms with E-state index in [1.54, 1.807) is 12.1 Å². The number of phenolic OH excluding ortho intramolecular Hbond substituents is 1. The van der Waals surface area contributed by atoms with E-state index in [-0.39, 0.29) is 24.1 Å². The van der Waals surface area contributed by atoms with Crippen LogP contribution in [-0.2, 0) is 0 Å². The largest absolute Gasteiger partial charge is 0.508 e. The second-order valence-corrected chi connectivity index (χ2v) is 5.34. The molecule has 1 saturated carbocycles. The first kappa shape index (κ1) is 17.1. The molecule has 0 spiro atoms. The van der Waals surface area contributed by atoms with Crippen LogP contribution >= 0.6 is 12.4 Å². The molecule has 20 heavy (non-hydrogen) atoms. The Bertz CT molecular complexity index is 422. The van der Waals surface area contributed by atoms with Crippen molar-refractivity contribution in [2.75, 3.05) is 7.11 Å². The smallest absolute Gasteiger partial charge is 0.127 e. The van der Waals surface area contributed by atoms with Gasteiger partial charge >= 0.3 is 0 Å². The fraction of sp³-hybridized carbons (Fsp3) is 0.600. The highest BCUT2D eigenvalue weighted by molar-refractivity contribution is 5.85. The summed E-state index contributed by atoms with van der Waals surface area (Å²) in [6, 6.07) is 4.36. The third kappa shape index (κ3) is 3.78. The van der Waals surface area contributed by atoms with Crippen LogP contribution in [0.3, 0.4) is 0 Å². The average Bonchev–Trinajstić information content (AvgIpc) is 2.46. The summed E-state index contributed by atoms with van der Waals surface area (Å²) in [4.78, 5) is 0. The molecule has 0 saturated heterocycles. The molecule has 0 radical (unpaired) electrons. The van der Waals surface area contributed by atoms with E-state index in [2.05, 4.69) is 0 Å². The Hall–Kier alpha value is -0.970. The molecular weight excluding hydrogens is 278 g/mol. The van der Waals surface area contributed by atoms with Crippen LogP contribution in [-0.4, -0.2) is 23.4 Å². The minimum Gasteiger partial charge on any atom is -0.508 e. The van der Waals surface area contributed by atoms with Gasteiger partial charge < -0.3 is 20.7 Å². The molecule has 1 aromatic carbocycles. The number of hydrogen-bond donors (Lipinski definition) is 3. The fourth-order valence-electron chi connectivity index (χ4n) is 2.93. The third-order valence-electron chi connectivity index (χ3n) is 4.08. The second-order valence-electron chi connectivity index (χ2n) is 5.34. The zero-order valence-corrected chi connectivity index (χ0v) is 12.6. The second kappa shape index (κ2) is 7.72. The highest BCUT2D eigenvalue weighted by Gasteiger charge is 2.29. The van der Waals surface area contributed by atoms with Crippen LogP contribution in [0.25, 0.3) is 0 Å². The van der Waals surface area contributed by atoms with Crippen LogP contribution in [0, 0.1) is 5.92 Å². The highest BCUT2D eigenvalue weighted by atomic mass is 35.5. The summed E-state index contributed by atoms with van der Waals surface area (Å²) in [6.07, 6.45) is 5.10. The Balaban J connectivity index is 0.00000200. The van der Waals surface area contributed by atoms with Crippen molar-refractivity contribution >= 4 is 12.4 Å². The molecule has 0 aromatic heterocycles. The number of halogens is 1. The van der Waals surface area contributed by atoms with Crippen molar-refractivity contribution in [2.24, 2.45) is 11.7 Å². The van der Waals surface area contributed by atoms with Crippen molar-refractivity contribution in [3.8, 4) is 11.5 Å². The summed E-state index contributed by atoms with van der Waals surface area (Å²) >= 11 is 0. The summed E-state index contributed by atoms with van der Waals surface area (Å²) < 4.78 is 5.23. The van der Waals surface area contributed by atoms with E-state index in [9.17, 15) is 10.2 Å². The first-order valence-electron chi connectivity index (χ1n) is 6.94. The van der Waals surface area contributed by atoms with Crippen LogP contribution in [0.4, 0.5) is 0 Å². The van der Waals surface area contributed by atoms with Crippen molar-refractivity contribution in [3.63, 3.8) is 0 Å². The first-order chi connectivity index (χ1) is 9.13. The number of aromatic hydroxyl groups is 1. The molecule has 0 unspecified atom stereocenters. The lowest BCUT2D eigenvalue weighted by Crippen LogP contribution is -2.34. The summed E-state index contributed by atoms with van der Waals surface area (Å²) in [5.74, 6) is 0.935. The Labute approximate surface area is 126 Å². The lowest BCUT2D eigenvalue weighted by molar-refractivity contribution is 0.0610. The van der Waals surface area contributed by atoms with Gasteiger partial charge in [0.2, 0.25) is 0 Å². The van der Waals surface area contributed by atoms with Gasteiger partial charge in [-0.2, -0.15) is 0 Å². The summed E-state index contributed by atoms with van der Waals surface area (Å²) in [7, 11) is 1.54. The molecule has 1 aliphatic rings. The molecule has 2 atom stereocenters. The highest BCUT2D eigenvalue weighted by Crippen LogP contribution is 2.35. The van der Waals surface area contributed by atoms with Gasteiger partial charge in [0.15, 0.2) is 0 Å². The van der Waals surface area contributed by atoms with E-state index in [0.717, 1.165) is 18.4 Å². The molecule has 0 amide bonds. The van der Waals surface area contributed by atoms with E-state index in [4.69, 9.17) is 10.5 Å². The molecule has 1 aromatic rings. The zero-order valence-electron chi connectivity index (χ0n) is 11.8. The van der Waals surface area contributed by atoms with E-state index < -0.39 is 12.1 Å². The number of rotatable bonds is 4. The van der Waals surface area contributed by atoms with Crippen LogP contribution in [0.5, 0.6) is 11.5 Å². The van der Waals surface area contributed by atoms with Crippen LogP contribution < -0.4 is 10.5 Å². The molecule has 5 heteroatoms. The van der Waals surface area contributed by atoms with Crippen molar-refractivity contribution in [2.45, 2.75) is 44.2 Å². The summed E-state index contributed by atoms with van der Waals surface area (Å²) in [5, 5.41) is 19.9. The van der Waals surface area contributed by atoms with Gasteiger partial charge in [-0.15, -0.1) is 12.4 Å². The van der Waals surface area contributed by atoms with Crippen molar-refractivity contribution in [1.82, 2.24) is 0 Å². The molecule has 0 aliphatic heterocycles. The monoisotopic (exact) mass is 301 g/mol. The number of phenols is 1. The predicted molar refractivity (Wildman–Crippen MR) is 81.4 cm³/mol. The van der Waals surface area contributed by atoms with Gasteiger partial charge in [-0.1, -0.05) is 19.3 Å². The SMILES string of the molecule is COc1cc(O)ccc1[C@H](N)[C@H](O)C1CCCCC1.Cl.